The average Bonchev–Trinajstić information content (AvgIpc) is 2.82. The first-order chi connectivity index (χ1) is 13.5. The number of hydrogen-bond acceptors (Lipinski definition) is 1. The quantitative estimate of drug-likeness (QED) is 0.515. The fourth-order valence-corrected chi connectivity index (χ4v) is 4.57. The average molecular weight is 428 g/mol. The molecule has 3 aromatic rings. The Hall–Kier alpha value is -2.07. The van der Waals surface area contributed by atoms with E-state index in [2.05, 4.69) is 41.1 Å². The lowest BCUT2D eigenvalue weighted by Crippen LogP contribution is -2.00. The largest absolute Gasteiger partial charge is 0.305 e. The molecular formula is C23H19Cl2NOS. The van der Waals surface area contributed by atoms with E-state index < -0.39 is 11.0 Å². The summed E-state index contributed by atoms with van der Waals surface area (Å²) in [6, 6.07) is 20.3. The Labute approximate surface area is 177 Å². The van der Waals surface area contributed by atoms with Crippen LogP contribution < -0.4 is 4.72 Å². The molecule has 1 aliphatic rings. The van der Waals surface area contributed by atoms with Gasteiger partial charge in [0.1, 0.15) is 11.0 Å². The molecule has 0 bridgehead atoms. The summed E-state index contributed by atoms with van der Waals surface area (Å²) in [4.78, 5) is 0. The first kappa shape index (κ1) is 19.3. The zero-order valence-electron chi connectivity index (χ0n) is 15.3. The van der Waals surface area contributed by atoms with E-state index in [4.69, 9.17) is 23.2 Å². The number of halogens is 2. The van der Waals surface area contributed by atoms with Gasteiger partial charge >= 0.3 is 0 Å². The number of rotatable bonds is 3. The smallest absolute Gasteiger partial charge is 0.113 e. The molecule has 0 saturated heterocycles. The molecule has 0 aromatic heterocycles. The molecule has 0 saturated carbocycles. The van der Waals surface area contributed by atoms with Crippen molar-refractivity contribution in [3.05, 3.63) is 98.5 Å². The van der Waals surface area contributed by atoms with Gasteiger partial charge in [-0.3, -0.25) is 0 Å². The third kappa shape index (κ3) is 3.88. The topological polar surface area (TPSA) is 29.1 Å². The van der Waals surface area contributed by atoms with Crippen LogP contribution in [0.5, 0.6) is 0 Å². The van der Waals surface area contributed by atoms with E-state index in [0.29, 0.717) is 10.0 Å². The van der Waals surface area contributed by atoms with Gasteiger partial charge in [-0.15, -0.1) is 0 Å². The van der Waals surface area contributed by atoms with Gasteiger partial charge in [0.2, 0.25) is 0 Å². The Bertz CT molecular complexity index is 1110. The lowest BCUT2D eigenvalue weighted by atomic mass is 9.92. The first-order valence-corrected chi connectivity index (χ1v) is 11.3. The predicted octanol–water partition coefficient (Wildman–Crippen LogP) is 6.39. The molecule has 1 aliphatic carbocycles. The van der Waals surface area contributed by atoms with Gasteiger partial charge in [0.25, 0.3) is 0 Å². The van der Waals surface area contributed by atoms with E-state index >= 15 is 0 Å². The first-order valence-electron chi connectivity index (χ1n) is 9.00. The highest BCUT2D eigenvalue weighted by Crippen LogP contribution is 2.40. The molecule has 0 fully saturated rings. The second kappa shape index (κ2) is 8.12. The van der Waals surface area contributed by atoms with Crippen LogP contribution in [0.2, 0.25) is 10.0 Å². The third-order valence-electron chi connectivity index (χ3n) is 4.90. The molecule has 1 atom stereocenters. The number of benzene rings is 3. The Morgan fingerprint density at radius 3 is 2.61 bits per heavy atom. The molecule has 1 N–H and O–H groups in total. The number of anilines is 1. The minimum Gasteiger partial charge on any atom is -0.305 e. The highest BCUT2D eigenvalue weighted by atomic mass is 35.5. The molecule has 2 nitrogen and oxygen atoms in total. The zero-order valence-corrected chi connectivity index (χ0v) is 17.7. The fourth-order valence-electron chi connectivity index (χ4n) is 3.68. The lowest BCUT2D eigenvalue weighted by Gasteiger charge is -2.14. The highest BCUT2D eigenvalue weighted by Gasteiger charge is 2.21. The summed E-state index contributed by atoms with van der Waals surface area (Å²) in [5.41, 5.74) is 7.66. The van der Waals surface area contributed by atoms with Crippen molar-refractivity contribution in [1.82, 2.24) is 0 Å². The van der Waals surface area contributed by atoms with Crippen LogP contribution in [0.3, 0.4) is 0 Å². The van der Waals surface area contributed by atoms with E-state index in [-0.39, 0.29) is 0 Å². The number of aryl methyl sites for hydroxylation is 1. The van der Waals surface area contributed by atoms with Gasteiger partial charge in [-0.2, -0.15) is 0 Å². The molecule has 28 heavy (non-hydrogen) atoms. The second-order valence-corrected chi connectivity index (χ2v) is 8.68. The minimum atomic E-state index is -1.12. The summed E-state index contributed by atoms with van der Waals surface area (Å²) in [6.45, 7) is 0. The van der Waals surface area contributed by atoms with E-state index in [9.17, 15) is 4.21 Å². The molecule has 5 heteroatoms. The van der Waals surface area contributed by atoms with Gasteiger partial charge < -0.3 is 4.72 Å². The third-order valence-corrected chi connectivity index (χ3v) is 6.26. The summed E-state index contributed by atoms with van der Waals surface area (Å²) < 4.78 is 14.5. The van der Waals surface area contributed by atoms with Crippen molar-refractivity contribution in [2.24, 2.45) is 0 Å². The van der Waals surface area contributed by atoms with Crippen molar-refractivity contribution in [2.75, 3.05) is 11.0 Å². The van der Waals surface area contributed by atoms with Crippen LogP contribution in [0, 0.1) is 0 Å². The Balaban J connectivity index is 1.92. The standard InChI is InChI=1S/C23H19Cl2NOS/c1-28(27)26-17-7-4-5-15(13-17)14-21-18-8-3-2-6-16(18)9-10-20-19(21)11-12-22(24)23(20)25/h2-8,11-14,26H,9-10H2,1H3/b21-14+. The van der Waals surface area contributed by atoms with Crippen LogP contribution >= 0.6 is 23.2 Å². The molecule has 1 unspecified atom stereocenters. The summed E-state index contributed by atoms with van der Waals surface area (Å²) in [5, 5.41) is 1.22. The van der Waals surface area contributed by atoms with Gasteiger partial charge in [-0.1, -0.05) is 65.7 Å². The van der Waals surface area contributed by atoms with Gasteiger partial charge in [-0.05, 0) is 70.5 Å². The number of hydrogen-bond donors (Lipinski definition) is 1. The van der Waals surface area contributed by atoms with Crippen LogP contribution in [0.1, 0.15) is 27.8 Å². The molecular weight excluding hydrogens is 409 g/mol. The Morgan fingerprint density at radius 1 is 0.964 bits per heavy atom. The van der Waals surface area contributed by atoms with Gasteiger partial charge in [0, 0.05) is 11.9 Å². The summed E-state index contributed by atoms with van der Waals surface area (Å²) in [6.07, 6.45) is 5.54. The Morgan fingerprint density at radius 2 is 1.79 bits per heavy atom. The van der Waals surface area contributed by atoms with Crippen molar-refractivity contribution < 1.29 is 4.21 Å². The van der Waals surface area contributed by atoms with Crippen molar-refractivity contribution in [2.45, 2.75) is 12.8 Å². The fraction of sp³-hybridized carbons (Fsp3) is 0.130. The molecule has 0 aliphatic heterocycles. The highest BCUT2D eigenvalue weighted by molar-refractivity contribution is 7.85. The summed E-state index contributed by atoms with van der Waals surface area (Å²) in [7, 11) is -1.12. The lowest BCUT2D eigenvalue weighted by molar-refractivity contribution is 0.690. The van der Waals surface area contributed by atoms with Crippen molar-refractivity contribution in [1.29, 1.82) is 0 Å². The van der Waals surface area contributed by atoms with E-state index in [1.165, 1.54) is 11.1 Å². The van der Waals surface area contributed by atoms with E-state index in [0.717, 1.165) is 40.8 Å². The number of fused-ring (bicyclic) bond motifs is 2. The number of nitrogens with one attached hydrogen (secondary N) is 1. The van der Waals surface area contributed by atoms with Crippen molar-refractivity contribution >= 4 is 51.5 Å². The minimum absolute atomic E-state index is 0.586. The van der Waals surface area contributed by atoms with Gasteiger partial charge in [0.05, 0.1) is 10.0 Å². The summed E-state index contributed by atoms with van der Waals surface area (Å²) >= 11 is 12.9. The van der Waals surface area contributed by atoms with Crippen molar-refractivity contribution in [3.8, 4) is 0 Å². The van der Waals surface area contributed by atoms with Gasteiger partial charge in [0.15, 0.2) is 0 Å². The molecule has 0 heterocycles. The van der Waals surface area contributed by atoms with Crippen LogP contribution in [0.4, 0.5) is 5.69 Å². The molecule has 4 rings (SSSR count). The maximum absolute atomic E-state index is 11.5. The van der Waals surface area contributed by atoms with Crippen LogP contribution in [0.25, 0.3) is 11.6 Å². The van der Waals surface area contributed by atoms with Crippen LogP contribution in [-0.4, -0.2) is 10.5 Å². The van der Waals surface area contributed by atoms with Crippen LogP contribution in [-0.2, 0) is 23.8 Å². The van der Waals surface area contributed by atoms with Crippen molar-refractivity contribution in [3.63, 3.8) is 0 Å². The molecule has 0 spiro atoms. The molecule has 0 radical (unpaired) electrons. The summed E-state index contributed by atoms with van der Waals surface area (Å²) in [5.74, 6) is 0. The monoisotopic (exact) mass is 427 g/mol. The predicted molar refractivity (Wildman–Crippen MR) is 121 cm³/mol. The van der Waals surface area contributed by atoms with Crippen LogP contribution in [0.15, 0.2) is 60.7 Å². The van der Waals surface area contributed by atoms with E-state index in [1.54, 1.807) is 6.26 Å². The van der Waals surface area contributed by atoms with Gasteiger partial charge in [-0.25, -0.2) is 4.21 Å². The normalized spacial score (nSPS) is 15.5. The molecule has 3 aromatic carbocycles. The molecule has 0 amide bonds. The zero-order chi connectivity index (χ0) is 19.7. The molecule has 142 valence electrons. The SMILES string of the molecule is CS(=O)Nc1cccc(/C=C2\c3ccccc3CCc3c2ccc(Cl)c3Cl)c1. The second-order valence-electron chi connectivity index (χ2n) is 6.78. The maximum atomic E-state index is 11.5. The van der Waals surface area contributed by atoms with E-state index in [1.807, 2.05) is 30.3 Å². The Kier molecular flexibility index (Phi) is 5.58. The maximum Gasteiger partial charge on any atom is 0.113 e.